The molecule has 0 radical (unpaired) electrons. The first kappa shape index (κ1) is 26.6. The molecule has 0 bridgehead atoms. The lowest BCUT2D eigenvalue weighted by atomic mass is 9.92. The van der Waals surface area contributed by atoms with Gasteiger partial charge in [0.25, 0.3) is 0 Å². The van der Waals surface area contributed by atoms with Crippen LogP contribution in [0.5, 0.6) is 11.6 Å². The Hall–Kier alpha value is -4.03. The van der Waals surface area contributed by atoms with E-state index < -0.39 is 0 Å². The summed E-state index contributed by atoms with van der Waals surface area (Å²) in [5.41, 5.74) is 3.39. The minimum absolute atomic E-state index is 0.0368. The van der Waals surface area contributed by atoms with Crippen molar-refractivity contribution in [1.82, 2.24) is 29.3 Å². The normalized spacial score (nSPS) is 15.9. The highest BCUT2D eigenvalue weighted by molar-refractivity contribution is 5.87. The fraction of sp³-hybridized carbons (Fsp3) is 0.444. The molecule has 1 amide bonds. The van der Waals surface area contributed by atoms with E-state index in [1.54, 1.807) is 24.5 Å². The van der Waals surface area contributed by atoms with Gasteiger partial charge in [-0.3, -0.25) is 9.48 Å². The summed E-state index contributed by atoms with van der Waals surface area (Å²) < 4.78 is 21.4. The second-order valence-corrected chi connectivity index (χ2v) is 10.6. The van der Waals surface area contributed by atoms with E-state index in [0.717, 1.165) is 22.3 Å². The number of carbonyl (C=O) groups excluding carboxylic acids is 1. The van der Waals surface area contributed by atoms with E-state index in [-0.39, 0.29) is 17.4 Å². The third-order valence-corrected chi connectivity index (χ3v) is 6.40. The standard InChI is InChI=1S/C27H34N8O4/c1-16-24-20(13-29-25(16)39-18-7-8-28-22(11-18)30-17(2)36)31-26(34(24)6)32-23-12-21(27(3,4)5)35(33-23)14-19-15-37-9-10-38-19/h7-8,11-13,19H,9-10,14-15H2,1-6H3,(H,28,30,36)(H,31,32,33)/t19-/m0/s1. The number of anilines is 3. The number of ether oxygens (including phenoxy) is 3. The van der Waals surface area contributed by atoms with E-state index in [1.807, 2.05) is 23.2 Å². The molecule has 12 heteroatoms. The van der Waals surface area contributed by atoms with Gasteiger partial charge in [0.2, 0.25) is 17.7 Å². The molecule has 4 aromatic heterocycles. The number of pyridine rings is 2. The van der Waals surface area contributed by atoms with E-state index in [2.05, 4.69) is 47.4 Å². The SMILES string of the molecule is CC(=O)Nc1cc(Oc2ncc3nc(Nc4cc(C(C)(C)C)n(C[C@H]5COCCO5)n4)n(C)c3c2C)ccn1. The van der Waals surface area contributed by atoms with Gasteiger partial charge in [-0.05, 0) is 13.0 Å². The maximum atomic E-state index is 11.4. The summed E-state index contributed by atoms with van der Waals surface area (Å²) in [6, 6.07) is 5.41. The van der Waals surface area contributed by atoms with Crippen molar-refractivity contribution in [2.75, 3.05) is 30.5 Å². The molecule has 0 unspecified atom stereocenters. The van der Waals surface area contributed by atoms with Gasteiger partial charge in [-0.2, -0.15) is 5.10 Å². The molecule has 0 aromatic carbocycles. The summed E-state index contributed by atoms with van der Waals surface area (Å²) in [5, 5.41) is 10.9. The highest BCUT2D eigenvalue weighted by atomic mass is 16.6. The number of amides is 1. The zero-order valence-electron chi connectivity index (χ0n) is 23.1. The first-order chi connectivity index (χ1) is 18.6. The summed E-state index contributed by atoms with van der Waals surface area (Å²) in [6.07, 6.45) is 3.21. The fourth-order valence-electron chi connectivity index (χ4n) is 4.59. The maximum Gasteiger partial charge on any atom is 0.224 e. The Labute approximate surface area is 226 Å². The molecule has 5 rings (SSSR count). The first-order valence-electron chi connectivity index (χ1n) is 12.9. The van der Waals surface area contributed by atoms with Crippen molar-refractivity contribution < 1.29 is 19.0 Å². The van der Waals surface area contributed by atoms with Crippen LogP contribution in [0, 0.1) is 6.92 Å². The van der Waals surface area contributed by atoms with Crippen LogP contribution in [-0.4, -0.2) is 61.1 Å². The van der Waals surface area contributed by atoms with E-state index in [4.69, 9.17) is 24.3 Å². The van der Waals surface area contributed by atoms with Gasteiger partial charge in [-0.1, -0.05) is 20.8 Å². The van der Waals surface area contributed by atoms with Gasteiger partial charge < -0.3 is 29.4 Å². The maximum absolute atomic E-state index is 11.4. The first-order valence-corrected chi connectivity index (χ1v) is 12.9. The van der Waals surface area contributed by atoms with Gasteiger partial charge in [0.1, 0.15) is 23.2 Å². The molecule has 39 heavy (non-hydrogen) atoms. The van der Waals surface area contributed by atoms with Crippen LogP contribution in [0.4, 0.5) is 17.6 Å². The van der Waals surface area contributed by atoms with Gasteiger partial charge in [-0.15, -0.1) is 0 Å². The van der Waals surface area contributed by atoms with Gasteiger partial charge in [0.05, 0.1) is 38.1 Å². The molecule has 12 nitrogen and oxygen atoms in total. The average molecular weight is 535 g/mol. The molecule has 1 atom stereocenters. The highest BCUT2D eigenvalue weighted by Gasteiger charge is 2.25. The number of aromatic nitrogens is 6. The molecule has 2 N–H and O–H groups in total. The van der Waals surface area contributed by atoms with Crippen molar-refractivity contribution in [3.8, 4) is 11.6 Å². The minimum Gasteiger partial charge on any atom is -0.438 e. The molecule has 0 spiro atoms. The smallest absolute Gasteiger partial charge is 0.224 e. The van der Waals surface area contributed by atoms with Crippen LogP contribution in [0.3, 0.4) is 0 Å². The molecule has 0 aliphatic carbocycles. The molecule has 1 aliphatic rings. The summed E-state index contributed by atoms with van der Waals surface area (Å²) >= 11 is 0. The highest BCUT2D eigenvalue weighted by Crippen LogP contribution is 2.32. The zero-order chi connectivity index (χ0) is 27.7. The van der Waals surface area contributed by atoms with Crippen molar-refractivity contribution in [3.63, 3.8) is 0 Å². The molecule has 1 saturated heterocycles. The quantitative estimate of drug-likeness (QED) is 0.360. The molecular formula is C27H34N8O4. The number of aryl methyl sites for hydroxylation is 2. The number of carbonyl (C=O) groups is 1. The van der Waals surface area contributed by atoms with E-state index in [9.17, 15) is 4.79 Å². The Morgan fingerprint density at radius 2 is 2.03 bits per heavy atom. The van der Waals surface area contributed by atoms with Crippen LogP contribution in [-0.2, 0) is 33.3 Å². The van der Waals surface area contributed by atoms with Crippen molar-refractivity contribution >= 4 is 34.5 Å². The molecule has 206 valence electrons. The predicted molar refractivity (Wildman–Crippen MR) is 147 cm³/mol. The van der Waals surface area contributed by atoms with Crippen molar-refractivity contribution in [2.45, 2.75) is 52.7 Å². The minimum atomic E-state index is -0.207. The Morgan fingerprint density at radius 1 is 1.21 bits per heavy atom. The fourth-order valence-corrected chi connectivity index (χ4v) is 4.59. The van der Waals surface area contributed by atoms with Crippen LogP contribution in [0.1, 0.15) is 39.0 Å². The number of fused-ring (bicyclic) bond motifs is 1. The lowest BCUT2D eigenvalue weighted by molar-refractivity contribution is -0.114. The molecule has 1 aliphatic heterocycles. The third kappa shape index (κ3) is 5.86. The second kappa shape index (κ2) is 10.6. The monoisotopic (exact) mass is 534 g/mol. The Bertz CT molecular complexity index is 1500. The lowest BCUT2D eigenvalue weighted by Gasteiger charge is -2.26. The summed E-state index contributed by atoms with van der Waals surface area (Å²) in [5.74, 6) is 2.47. The number of nitrogens with zero attached hydrogens (tertiary/aromatic N) is 6. The lowest BCUT2D eigenvalue weighted by Crippen LogP contribution is -2.34. The van der Waals surface area contributed by atoms with Crippen LogP contribution in [0.2, 0.25) is 0 Å². The van der Waals surface area contributed by atoms with Crippen LogP contribution in [0.25, 0.3) is 11.0 Å². The molecule has 5 heterocycles. The van der Waals surface area contributed by atoms with Gasteiger partial charge in [0.15, 0.2) is 5.82 Å². The summed E-state index contributed by atoms with van der Waals surface area (Å²) in [6.45, 7) is 12.2. The van der Waals surface area contributed by atoms with Crippen molar-refractivity contribution in [1.29, 1.82) is 0 Å². The predicted octanol–water partition coefficient (Wildman–Crippen LogP) is 4.08. The molecule has 4 aromatic rings. The van der Waals surface area contributed by atoms with E-state index in [1.165, 1.54) is 6.92 Å². The van der Waals surface area contributed by atoms with Crippen LogP contribution in [0.15, 0.2) is 30.6 Å². The van der Waals surface area contributed by atoms with Gasteiger partial charge in [0, 0.05) is 49.0 Å². The molecular weight excluding hydrogens is 500 g/mol. The number of hydrogen-bond acceptors (Lipinski definition) is 9. The van der Waals surface area contributed by atoms with Crippen LogP contribution < -0.4 is 15.4 Å². The second-order valence-electron chi connectivity index (χ2n) is 10.6. The third-order valence-electron chi connectivity index (χ3n) is 6.40. The van der Waals surface area contributed by atoms with Crippen LogP contribution >= 0.6 is 0 Å². The topological polar surface area (TPSA) is 130 Å². The van der Waals surface area contributed by atoms with Gasteiger partial charge >= 0.3 is 0 Å². The summed E-state index contributed by atoms with van der Waals surface area (Å²) in [7, 11) is 1.94. The largest absolute Gasteiger partial charge is 0.438 e. The molecule has 1 fully saturated rings. The van der Waals surface area contributed by atoms with Crippen molar-refractivity contribution in [2.24, 2.45) is 7.05 Å². The van der Waals surface area contributed by atoms with E-state index in [0.29, 0.717) is 55.6 Å². The van der Waals surface area contributed by atoms with Gasteiger partial charge in [-0.25, -0.2) is 15.0 Å². The zero-order valence-corrected chi connectivity index (χ0v) is 23.1. The van der Waals surface area contributed by atoms with Crippen molar-refractivity contribution in [3.05, 3.63) is 41.9 Å². The van der Waals surface area contributed by atoms with E-state index >= 15 is 0 Å². The molecule has 0 saturated carbocycles. The average Bonchev–Trinajstić information content (AvgIpc) is 3.42. The Morgan fingerprint density at radius 3 is 2.74 bits per heavy atom. The number of hydrogen-bond donors (Lipinski definition) is 2. The number of rotatable bonds is 7. The Kier molecular flexibility index (Phi) is 7.23. The summed E-state index contributed by atoms with van der Waals surface area (Å²) in [4.78, 5) is 24.8. The Balaban J connectivity index is 1.41. The number of imidazole rings is 1. The number of nitrogens with one attached hydrogen (secondary N) is 2.